The van der Waals surface area contributed by atoms with Crippen LogP contribution in [-0.2, 0) is 0 Å². The number of thiophene rings is 1. The van der Waals surface area contributed by atoms with Crippen molar-refractivity contribution in [1.29, 1.82) is 0 Å². The Morgan fingerprint density at radius 3 is 2.86 bits per heavy atom. The van der Waals surface area contributed by atoms with Crippen LogP contribution in [0.15, 0.2) is 35.0 Å². The lowest BCUT2D eigenvalue weighted by Gasteiger charge is -2.07. The molecule has 1 heterocycles. The minimum atomic E-state index is -0.398. The molecule has 0 bridgehead atoms. The molecule has 2 nitrogen and oxygen atoms in total. The molecule has 0 fully saturated rings. The Kier molecular flexibility index (Phi) is 2.37. The van der Waals surface area contributed by atoms with E-state index in [-0.39, 0.29) is 5.69 Å². The molecule has 2 aromatic rings. The van der Waals surface area contributed by atoms with E-state index in [1.54, 1.807) is 23.5 Å². The molecule has 0 aliphatic heterocycles. The molecule has 0 aliphatic carbocycles. The molecule has 0 radical (unpaired) electrons. The van der Waals surface area contributed by atoms with Crippen molar-refractivity contribution in [3.05, 3.63) is 40.8 Å². The van der Waals surface area contributed by atoms with Crippen molar-refractivity contribution in [2.75, 3.05) is 11.1 Å². The first-order valence-corrected chi connectivity index (χ1v) is 5.05. The van der Waals surface area contributed by atoms with E-state index in [4.69, 9.17) is 5.73 Å². The molecule has 1 aromatic heterocycles. The van der Waals surface area contributed by atoms with E-state index in [1.165, 1.54) is 6.07 Å². The van der Waals surface area contributed by atoms with Crippen molar-refractivity contribution in [2.24, 2.45) is 0 Å². The highest BCUT2D eigenvalue weighted by Gasteiger charge is 2.03. The maximum Gasteiger partial charge on any atom is 0.148 e. The van der Waals surface area contributed by atoms with Gasteiger partial charge in [-0.3, -0.25) is 0 Å². The summed E-state index contributed by atoms with van der Waals surface area (Å²) >= 11 is 1.57. The van der Waals surface area contributed by atoms with Crippen LogP contribution in [0.1, 0.15) is 0 Å². The number of rotatable bonds is 2. The van der Waals surface area contributed by atoms with E-state index in [0.717, 1.165) is 5.69 Å². The van der Waals surface area contributed by atoms with Crippen molar-refractivity contribution < 1.29 is 4.39 Å². The van der Waals surface area contributed by atoms with Gasteiger partial charge in [0.05, 0.1) is 11.4 Å². The van der Waals surface area contributed by atoms with E-state index in [1.807, 2.05) is 16.8 Å². The minimum Gasteiger partial charge on any atom is -0.395 e. The summed E-state index contributed by atoms with van der Waals surface area (Å²) in [5.41, 5.74) is 7.24. The van der Waals surface area contributed by atoms with Crippen LogP contribution >= 0.6 is 11.3 Å². The number of halogens is 1. The summed E-state index contributed by atoms with van der Waals surface area (Å²) in [6, 6.07) is 6.62. The van der Waals surface area contributed by atoms with Gasteiger partial charge in [-0.15, -0.1) is 0 Å². The Hall–Kier alpha value is -1.55. The number of para-hydroxylation sites is 1. The lowest BCUT2D eigenvalue weighted by atomic mass is 10.2. The van der Waals surface area contributed by atoms with Crippen LogP contribution in [0.25, 0.3) is 0 Å². The van der Waals surface area contributed by atoms with Crippen molar-refractivity contribution in [3.63, 3.8) is 0 Å². The second-order valence-electron chi connectivity index (χ2n) is 2.84. The fraction of sp³-hybridized carbons (Fsp3) is 0. The zero-order valence-corrected chi connectivity index (χ0v) is 8.14. The summed E-state index contributed by atoms with van der Waals surface area (Å²) in [6.07, 6.45) is 0. The maximum atomic E-state index is 13.0. The maximum absolute atomic E-state index is 13.0. The molecule has 0 amide bonds. The monoisotopic (exact) mass is 208 g/mol. The number of anilines is 3. The lowest BCUT2D eigenvalue weighted by Crippen LogP contribution is -1.97. The highest BCUT2D eigenvalue weighted by atomic mass is 32.1. The fourth-order valence-electron chi connectivity index (χ4n) is 1.14. The van der Waals surface area contributed by atoms with Crippen LogP contribution in [-0.4, -0.2) is 0 Å². The van der Waals surface area contributed by atoms with Gasteiger partial charge in [0.15, 0.2) is 0 Å². The molecule has 3 N–H and O–H groups in total. The topological polar surface area (TPSA) is 38.0 Å². The van der Waals surface area contributed by atoms with Crippen LogP contribution in [0.5, 0.6) is 0 Å². The smallest absolute Gasteiger partial charge is 0.148 e. The van der Waals surface area contributed by atoms with Gasteiger partial charge >= 0.3 is 0 Å². The summed E-state index contributed by atoms with van der Waals surface area (Å²) in [7, 11) is 0. The Bertz CT molecular complexity index is 426. The third-order valence-electron chi connectivity index (χ3n) is 1.85. The summed E-state index contributed by atoms with van der Waals surface area (Å²) in [5, 5.41) is 6.92. The fourth-order valence-corrected chi connectivity index (χ4v) is 1.72. The van der Waals surface area contributed by atoms with Crippen molar-refractivity contribution in [2.45, 2.75) is 0 Å². The zero-order chi connectivity index (χ0) is 9.97. The molecular weight excluding hydrogens is 199 g/mol. The van der Waals surface area contributed by atoms with E-state index in [9.17, 15) is 4.39 Å². The third-order valence-corrected chi connectivity index (χ3v) is 2.54. The summed E-state index contributed by atoms with van der Waals surface area (Å²) in [4.78, 5) is 0. The molecule has 14 heavy (non-hydrogen) atoms. The van der Waals surface area contributed by atoms with Gasteiger partial charge in [0.2, 0.25) is 0 Å². The number of hydrogen-bond donors (Lipinski definition) is 2. The average molecular weight is 208 g/mol. The van der Waals surface area contributed by atoms with Gasteiger partial charge in [0.1, 0.15) is 5.82 Å². The van der Waals surface area contributed by atoms with Gasteiger partial charge in [-0.2, -0.15) is 11.3 Å². The van der Waals surface area contributed by atoms with Crippen LogP contribution in [0.4, 0.5) is 21.5 Å². The van der Waals surface area contributed by atoms with Gasteiger partial charge in [0.25, 0.3) is 0 Å². The normalized spacial score (nSPS) is 10.1. The number of benzene rings is 1. The average Bonchev–Trinajstić information content (AvgIpc) is 2.66. The quantitative estimate of drug-likeness (QED) is 0.744. The molecule has 0 saturated heterocycles. The molecule has 0 spiro atoms. The predicted molar refractivity (Wildman–Crippen MR) is 58.4 cm³/mol. The highest BCUT2D eigenvalue weighted by molar-refractivity contribution is 7.08. The Morgan fingerprint density at radius 1 is 1.29 bits per heavy atom. The van der Waals surface area contributed by atoms with Crippen LogP contribution in [0.3, 0.4) is 0 Å². The standard InChI is InChI=1S/C10H9FN2S/c11-8-2-1-3-9(10(8)12)13-7-4-5-14-6-7/h1-6,13H,12H2. The first-order valence-electron chi connectivity index (χ1n) is 4.10. The molecular formula is C10H9FN2S. The zero-order valence-electron chi connectivity index (χ0n) is 7.33. The van der Waals surface area contributed by atoms with E-state index in [0.29, 0.717) is 5.69 Å². The molecule has 72 valence electrons. The molecule has 2 rings (SSSR count). The summed E-state index contributed by atoms with van der Waals surface area (Å²) in [5.74, 6) is -0.398. The number of nitrogens with two attached hydrogens (primary N) is 1. The summed E-state index contributed by atoms with van der Waals surface area (Å²) in [6.45, 7) is 0. The van der Waals surface area contributed by atoms with Crippen LogP contribution < -0.4 is 11.1 Å². The SMILES string of the molecule is Nc1c(F)cccc1Nc1ccsc1. The summed E-state index contributed by atoms with van der Waals surface area (Å²) < 4.78 is 13.0. The van der Waals surface area contributed by atoms with Crippen molar-refractivity contribution in [1.82, 2.24) is 0 Å². The highest BCUT2D eigenvalue weighted by Crippen LogP contribution is 2.25. The number of hydrogen-bond acceptors (Lipinski definition) is 3. The first kappa shape index (κ1) is 9.02. The molecule has 0 unspecified atom stereocenters. The molecule has 0 saturated carbocycles. The Balaban J connectivity index is 2.29. The number of nitrogens with one attached hydrogen (secondary N) is 1. The second kappa shape index (κ2) is 3.67. The minimum absolute atomic E-state index is 0.152. The molecule has 4 heteroatoms. The van der Waals surface area contributed by atoms with Crippen molar-refractivity contribution >= 4 is 28.4 Å². The predicted octanol–water partition coefficient (Wildman–Crippen LogP) is 3.21. The van der Waals surface area contributed by atoms with E-state index in [2.05, 4.69) is 5.32 Å². The molecule has 0 aliphatic rings. The first-order chi connectivity index (χ1) is 6.77. The van der Waals surface area contributed by atoms with Gasteiger partial charge in [-0.25, -0.2) is 4.39 Å². The second-order valence-corrected chi connectivity index (χ2v) is 3.62. The van der Waals surface area contributed by atoms with Crippen molar-refractivity contribution in [3.8, 4) is 0 Å². The number of nitrogen functional groups attached to an aromatic ring is 1. The molecule has 1 aromatic carbocycles. The third kappa shape index (κ3) is 1.70. The molecule has 0 atom stereocenters. The van der Waals surface area contributed by atoms with Gasteiger partial charge < -0.3 is 11.1 Å². The van der Waals surface area contributed by atoms with Gasteiger partial charge in [-0.1, -0.05) is 6.07 Å². The lowest BCUT2D eigenvalue weighted by molar-refractivity contribution is 0.633. The Morgan fingerprint density at radius 2 is 2.14 bits per heavy atom. The van der Waals surface area contributed by atoms with Gasteiger partial charge in [-0.05, 0) is 23.6 Å². The van der Waals surface area contributed by atoms with E-state index >= 15 is 0 Å². The van der Waals surface area contributed by atoms with Crippen LogP contribution in [0, 0.1) is 5.82 Å². The Labute approximate surface area is 85.2 Å². The van der Waals surface area contributed by atoms with Gasteiger partial charge in [0, 0.05) is 11.1 Å². The van der Waals surface area contributed by atoms with Crippen LogP contribution in [0.2, 0.25) is 0 Å². The van der Waals surface area contributed by atoms with E-state index < -0.39 is 5.82 Å². The largest absolute Gasteiger partial charge is 0.395 e.